The van der Waals surface area contributed by atoms with Crippen molar-refractivity contribution >= 4 is 22.9 Å². The van der Waals surface area contributed by atoms with Gasteiger partial charge in [-0.2, -0.15) is 9.97 Å². The number of nitrogens with zero attached hydrogens (tertiary/aromatic N) is 6. The Morgan fingerprint density at radius 1 is 1.20 bits per heavy atom. The van der Waals surface area contributed by atoms with Gasteiger partial charge < -0.3 is 15.6 Å². The summed E-state index contributed by atoms with van der Waals surface area (Å²) < 4.78 is 0. The summed E-state index contributed by atoms with van der Waals surface area (Å²) in [7, 11) is 0. The van der Waals surface area contributed by atoms with Crippen molar-refractivity contribution in [3.05, 3.63) is 29.6 Å². The first-order valence-corrected chi connectivity index (χ1v) is 8.69. The maximum Gasteiger partial charge on any atom is 0.224 e. The van der Waals surface area contributed by atoms with E-state index in [0.29, 0.717) is 5.65 Å². The van der Waals surface area contributed by atoms with Gasteiger partial charge in [0.2, 0.25) is 5.95 Å². The number of aryl methyl sites for hydroxylation is 2. The van der Waals surface area contributed by atoms with Gasteiger partial charge in [-0.15, -0.1) is 0 Å². The Balaban J connectivity index is 1.58. The van der Waals surface area contributed by atoms with Crippen molar-refractivity contribution in [3.8, 4) is 0 Å². The summed E-state index contributed by atoms with van der Waals surface area (Å²) in [6, 6.07) is 0. The van der Waals surface area contributed by atoms with E-state index >= 15 is 0 Å². The lowest BCUT2D eigenvalue weighted by molar-refractivity contribution is 0.333. The molecule has 0 radical (unpaired) electrons. The number of nitrogen functional groups attached to an aromatic ring is 1. The van der Waals surface area contributed by atoms with Crippen molar-refractivity contribution in [1.29, 1.82) is 0 Å². The molecule has 3 N–H and O–H groups in total. The molecule has 1 aliphatic carbocycles. The van der Waals surface area contributed by atoms with Gasteiger partial charge in [-0.25, -0.2) is 15.0 Å². The first-order valence-electron chi connectivity index (χ1n) is 8.69. The number of imidazole rings is 1. The molecule has 8 heteroatoms. The van der Waals surface area contributed by atoms with Crippen LogP contribution in [0.2, 0.25) is 0 Å². The van der Waals surface area contributed by atoms with Gasteiger partial charge in [-0.3, -0.25) is 0 Å². The van der Waals surface area contributed by atoms with Crippen molar-refractivity contribution in [3.63, 3.8) is 0 Å². The van der Waals surface area contributed by atoms with Crippen LogP contribution in [0.3, 0.4) is 0 Å². The molecule has 1 aliphatic heterocycles. The van der Waals surface area contributed by atoms with Crippen molar-refractivity contribution in [2.45, 2.75) is 38.0 Å². The second kappa shape index (κ2) is 5.11. The standard InChI is InChI=1S/C17H20N8/c1-10-19-7-11-3-5-17(13(11)22-10)4-2-6-25(8-17)15-12-14(21-9-20-12)23-16(18)24-15/h7,9H,2-6,8H2,1H3,(H3,18,20,21,23,24). The molecule has 128 valence electrons. The van der Waals surface area contributed by atoms with E-state index in [0.717, 1.165) is 55.9 Å². The molecule has 1 saturated heterocycles. The quantitative estimate of drug-likeness (QED) is 0.693. The van der Waals surface area contributed by atoms with Gasteiger partial charge in [-0.05, 0) is 38.2 Å². The molecule has 3 aromatic heterocycles. The van der Waals surface area contributed by atoms with Crippen LogP contribution in [0.4, 0.5) is 11.8 Å². The van der Waals surface area contributed by atoms with Crippen LogP contribution < -0.4 is 10.6 Å². The van der Waals surface area contributed by atoms with Crippen LogP contribution in [-0.4, -0.2) is 43.0 Å². The van der Waals surface area contributed by atoms with Gasteiger partial charge in [0.05, 0.1) is 12.0 Å². The summed E-state index contributed by atoms with van der Waals surface area (Å²) in [5.41, 5.74) is 9.98. The normalized spacial score (nSPS) is 22.7. The fraction of sp³-hybridized carbons (Fsp3) is 0.471. The molecule has 1 atom stereocenters. The summed E-state index contributed by atoms with van der Waals surface area (Å²) in [5, 5.41) is 0. The van der Waals surface area contributed by atoms with Crippen molar-refractivity contribution in [2.75, 3.05) is 23.7 Å². The maximum absolute atomic E-state index is 5.91. The molecule has 5 rings (SSSR count). The monoisotopic (exact) mass is 336 g/mol. The molecule has 4 heterocycles. The molecule has 0 amide bonds. The largest absolute Gasteiger partial charge is 0.368 e. The first kappa shape index (κ1) is 14.6. The van der Waals surface area contributed by atoms with Crippen LogP contribution in [0.25, 0.3) is 11.2 Å². The number of nitrogens with one attached hydrogen (secondary N) is 1. The SMILES string of the molecule is Cc1ncc2c(n1)C1(CCCN(c3nc(N)nc4nc[nH]c34)C1)CC2. The van der Waals surface area contributed by atoms with Crippen molar-refractivity contribution in [2.24, 2.45) is 0 Å². The second-order valence-corrected chi connectivity index (χ2v) is 7.10. The Hall–Kier alpha value is -2.77. The number of hydrogen-bond acceptors (Lipinski definition) is 7. The second-order valence-electron chi connectivity index (χ2n) is 7.10. The molecular weight excluding hydrogens is 316 g/mol. The highest BCUT2D eigenvalue weighted by Gasteiger charge is 2.44. The van der Waals surface area contributed by atoms with E-state index in [1.165, 1.54) is 11.3 Å². The molecule has 1 fully saturated rings. The lowest BCUT2D eigenvalue weighted by Gasteiger charge is -2.41. The van der Waals surface area contributed by atoms with E-state index in [2.05, 4.69) is 29.8 Å². The fourth-order valence-corrected chi connectivity index (χ4v) is 4.40. The Morgan fingerprint density at radius 3 is 3.04 bits per heavy atom. The molecule has 8 nitrogen and oxygen atoms in total. The minimum Gasteiger partial charge on any atom is -0.368 e. The van der Waals surface area contributed by atoms with Crippen LogP contribution in [0.5, 0.6) is 0 Å². The summed E-state index contributed by atoms with van der Waals surface area (Å²) in [6.07, 6.45) is 8.06. The molecule has 1 spiro atoms. The maximum atomic E-state index is 5.91. The zero-order chi connectivity index (χ0) is 17.0. The summed E-state index contributed by atoms with van der Waals surface area (Å²) in [6.45, 7) is 3.80. The van der Waals surface area contributed by atoms with Crippen LogP contribution in [0.15, 0.2) is 12.5 Å². The zero-order valence-corrected chi connectivity index (χ0v) is 14.2. The molecule has 25 heavy (non-hydrogen) atoms. The number of hydrogen-bond donors (Lipinski definition) is 2. The zero-order valence-electron chi connectivity index (χ0n) is 14.2. The number of piperidine rings is 1. The third-order valence-corrected chi connectivity index (χ3v) is 5.52. The van der Waals surface area contributed by atoms with E-state index in [9.17, 15) is 0 Å². The van der Waals surface area contributed by atoms with E-state index in [1.807, 2.05) is 13.1 Å². The van der Waals surface area contributed by atoms with Crippen LogP contribution >= 0.6 is 0 Å². The predicted molar refractivity (Wildman–Crippen MR) is 94.3 cm³/mol. The molecule has 0 aromatic carbocycles. The van der Waals surface area contributed by atoms with Gasteiger partial charge >= 0.3 is 0 Å². The first-order chi connectivity index (χ1) is 12.1. The minimum absolute atomic E-state index is 0.0767. The fourth-order valence-electron chi connectivity index (χ4n) is 4.40. The molecule has 3 aromatic rings. The van der Waals surface area contributed by atoms with E-state index in [1.54, 1.807) is 6.33 Å². The Labute approximate surface area is 144 Å². The topological polar surface area (TPSA) is 110 Å². The van der Waals surface area contributed by atoms with Gasteiger partial charge in [0, 0.05) is 24.7 Å². The highest BCUT2D eigenvalue weighted by atomic mass is 15.2. The number of aromatic nitrogens is 6. The average molecular weight is 336 g/mol. The van der Waals surface area contributed by atoms with Crippen LogP contribution in [0.1, 0.15) is 36.3 Å². The number of rotatable bonds is 1. The summed E-state index contributed by atoms with van der Waals surface area (Å²) >= 11 is 0. The molecule has 2 aliphatic rings. The summed E-state index contributed by atoms with van der Waals surface area (Å²) in [5.74, 6) is 1.96. The van der Waals surface area contributed by atoms with E-state index in [-0.39, 0.29) is 11.4 Å². The van der Waals surface area contributed by atoms with Crippen LogP contribution in [0, 0.1) is 6.92 Å². The van der Waals surface area contributed by atoms with E-state index < -0.39 is 0 Å². The number of fused-ring (bicyclic) bond motifs is 3. The minimum atomic E-state index is 0.0767. The summed E-state index contributed by atoms with van der Waals surface area (Å²) in [4.78, 5) is 27.6. The average Bonchev–Trinajstić information content (AvgIpc) is 3.20. The molecule has 1 unspecified atom stereocenters. The lowest BCUT2D eigenvalue weighted by Crippen LogP contribution is -2.46. The number of aromatic amines is 1. The van der Waals surface area contributed by atoms with Gasteiger partial charge in [0.15, 0.2) is 11.5 Å². The van der Waals surface area contributed by atoms with E-state index in [4.69, 9.17) is 10.7 Å². The third-order valence-electron chi connectivity index (χ3n) is 5.52. The smallest absolute Gasteiger partial charge is 0.224 e. The predicted octanol–water partition coefficient (Wildman–Crippen LogP) is 1.52. The Bertz CT molecular complexity index is 960. The number of anilines is 2. The van der Waals surface area contributed by atoms with Gasteiger partial charge in [-0.1, -0.05) is 0 Å². The lowest BCUT2D eigenvalue weighted by atomic mass is 9.77. The number of H-pyrrole nitrogens is 1. The van der Waals surface area contributed by atoms with Crippen molar-refractivity contribution in [1.82, 2.24) is 29.9 Å². The highest BCUT2D eigenvalue weighted by molar-refractivity contribution is 5.84. The Kier molecular flexibility index (Phi) is 2.98. The Morgan fingerprint density at radius 2 is 2.12 bits per heavy atom. The molecular formula is C17H20N8. The molecule has 0 bridgehead atoms. The number of nitrogens with two attached hydrogens (primary N) is 1. The van der Waals surface area contributed by atoms with Crippen LogP contribution in [-0.2, 0) is 11.8 Å². The highest BCUT2D eigenvalue weighted by Crippen LogP contribution is 2.44. The molecule has 0 saturated carbocycles. The van der Waals surface area contributed by atoms with Gasteiger partial charge in [0.1, 0.15) is 11.3 Å². The van der Waals surface area contributed by atoms with Gasteiger partial charge in [0.25, 0.3) is 0 Å². The van der Waals surface area contributed by atoms with Crippen molar-refractivity contribution < 1.29 is 0 Å². The third kappa shape index (κ3) is 2.16.